The van der Waals surface area contributed by atoms with E-state index in [1.807, 2.05) is 25.1 Å². The van der Waals surface area contributed by atoms with Crippen molar-refractivity contribution in [3.05, 3.63) is 29.8 Å². The predicted octanol–water partition coefficient (Wildman–Crippen LogP) is 2.58. The Morgan fingerprint density at radius 1 is 1.55 bits per heavy atom. The van der Waals surface area contributed by atoms with E-state index in [0.717, 1.165) is 18.8 Å². The Bertz CT molecular complexity index is 218. The summed E-state index contributed by atoms with van der Waals surface area (Å²) in [4.78, 5) is 0. The van der Waals surface area contributed by atoms with Gasteiger partial charge in [-0.1, -0.05) is 19.1 Å². The normalized spacial score (nSPS) is 9.64. The Balaban J connectivity index is 2.56. The van der Waals surface area contributed by atoms with Crippen molar-refractivity contribution in [2.45, 2.75) is 20.3 Å². The van der Waals surface area contributed by atoms with Crippen LogP contribution in [0.3, 0.4) is 0 Å². The van der Waals surface area contributed by atoms with Gasteiger partial charge in [-0.15, -0.1) is 0 Å². The molecule has 1 nitrogen and oxygen atoms in total. The van der Waals surface area contributed by atoms with Crippen molar-refractivity contribution in [1.29, 1.82) is 0 Å². The summed E-state index contributed by atoms with van der Waals surface area (Å²) in [6.45, 7) is 4.92. The number of aryl methyl sites for hydroxylation is 1. The molecule has 0 aliphatic carbocycles. The Labute approximate surface area is 68.0 Å². The molecule has 0 saturated carbocycles. The lowest BCUT2D eigenvalue weighted by atomic mass is 10.2. The molecule has 0 saturated heterocycles. The molecule has 0 aromatic heterocycles. The topological polar surface area (TPSA) is 9.23 Å². The molecular weight excluding hydrogens is 136 g/mol. The number of ether oxygens (including phenoxy) is 1. The molecule has 11 heavy (non-hydrogen) atoms. The highest BCUT2D eigenvalue weighted by Gasteiger charge is 1.91. The first-order valence-electron chi connectivity index (χ1n) is 3.94. The van der Waals surface area contributed by atoms with Gasteiger partial charge in [-0.25, -0.2) is 0 Å². The third-order valence-corrected chi connectivity index (χ3v) is 1.39. The first kappa shape index (κ1) is 8.12. The van der Waals surface area contributed by atoms with E-state index in [1.165, 1.54) is 5.56 Å². The molecule has 59 valence electrons. The van der Waals surface area contributed by atoms with Crippen LogP contribution in [-0.4, -0.2) is 6.61 Å². The summed E-state index contributed by atoms with van der Waals surface area (Å²) < 4.78 is 5.38. The van der Waals surface area contributed by atoms with Crippen molar-refractivity contribution in [3.63, 3.8) is 0 Å². The van der Waals surface area contributed by atoms with Crippen LogP contribution >= 0.6 is 0 Å². The fourth-order valence-corrected chi connectivity index (χ4v) is 0.847. The lowest BCUT2D eigenvalue weighted by Gasteiger charge is -2.03. The van der Waals surface area contributed by atoms with Gasteiger partial charge in [0.15, 0.2) is 0 Å². The lowest BCUT2D eigenvalue weighted by Crippen LogP contribution is -1.94. The van der Waals surface area contributed by atoms with Crippen LogP contribution in [0.25, 0.3) is 0 Å². The monoisotopic (exact) mass is 149 g/mol. The van der Waals surface area contributed by atoms with Crippen LogP contribution in [0.1, 0.15) is 18.9 Å². The van der Waals surface area contributed by atoms with Crippen LogP contribution < -0.4 is 4.74 Å². The molecule has 0 heterocycles. The molecule has 0 aliphatic rings. The van der Waals surface area contributed by atoms with Crippen LogP contribution in [0.15, 0.2) is 18.2 Å². The SMILES string of the molecule is CCCOc1[c]ccc(C)c1. The highest BCUT2D eigenvalue weighted by molar-refractivity contribution is 5.25. The molecular formula is C10H13O. The van der Waals surface area contributed by atoms with Crippen molar-refractivity contribution in [1.82, 2.24) is 0 Å². The second kappa shape index (κ2) is 4.02. The average molecular weight is 149 g/mol. The van der Waals surface area contributed by atoms with Crippen LogP contribution in [0.2, 0.25) is 0 Å². The van der Waals surface area contributed by atoms with Gasteiger partial charge in [0.25, 0.3) is 0 Å². The Kier molecular flexibility index (Phi) is 2.96. The van der Waals surface area contributed by atoms with Gasteiger partial charge in [0.05, 0.1) is 6.61 Å². The van der Waals surface area contributed by atoms with Crippen molar-refractivity contribution < 1.29 is 4.74 Å². The third kappa shape index (κ3) is 2.62. The molecule has 0 N–H and O–H groups in total. The first-order valence-corrected chi connectivity index (χ1v) is 3.94. The fourth-order valence-electron chi connectivity index (χ4n) is 0.847. The minimum atomic E-state index is 0.778. The van der Waals surface area contributed by atoms with Gasteiger partial charge >= 0.3 is 0 Å². The van der Waals surface area contributed by atoms with Crippen molar-refractivity contribution in [2.75, 3.05) is 6.61 Å². The number of hydrogen-bond acceptors (Lipinski definition) is 1. The maximum absolute atomic E-state index is 5.38. The van der Waals surface area contributed by atoms with Gasteiger partial charge in [-0.3, -0.25) is 0 Å². The predicted molar refractivity (Wildman–Crippen MR) is 45.8 cm³/mol. The molecule has 0 amide bonds. The number of hydrogen-bond donors (Lipinski definition) is 0. The van der Waals surface area contributed by atoms with Gasteiger partial charge < -0.3 is 4.74 Å². The fraction of sp³-hybridized carbons (Fsp3) is 0.400. The van der Waals surface area contributed by atoms with Crippen molar-refractivity contribution in [2.24, 2.45) is 0 Å². The van der Waals surface area contributed by atoms with Gasteiger partial charge in [-0.2, -0.15) is 0 Å². The molecule has 1 radical (unpaired) electrons. The van der Waals surface area contributed by atoms with Gasteiger partial charge in [0.2, 0.25) is 0 Å². The van der Waals surface area contributed by atoms with Crippen LogP contribution in [0, 0.1) is 13.0 Å². The van der Waals surface area contributed by atoms with Gasteiger partial charge in [0, 0.05) is 6.07 Å². The van der Waals surface area contributed by atoms with Gasteiger partial charge in [0.1, 0.15) is 5.75 Å². The molecule has 0 unspecified atom stereocenters. The Morgan fingerprint density at radius 3 is 3.00 bits per heavy atom. The zero-order chi connectivity index (χ0) is 8.10. The van der Waals surface area contributed by atoms with E-state index in [0.29, 0.717) is 0 Å². The van der Waals surface area contributed by atoms with Crippen molar-refractivity contribution in [3.8, 4) is 5.75 Å². The molecule has 1 aromatic rings. The van der Waals surface area contributed by atoms with E-state index in [1.54, 1.807) is 0 Å². The van der Waals surface area contributed by atoms with E-state index >= 15 is 0 Å². The summed E-state index contributed by atoms with van der Waals surface area (Å²) in [6.07, 6.45) is 1.04. The number of benzene rings is 1. The third-order valence-electron chi connectivity index (χ3n) is 1.39. The Hall–Kier alpha value is -0.980. The molecule has 0 spiro atoms. The maximum atomic E-state index is 5.38. The summed E-state index contributed by atoms with van der Waals surface area (Å²) in [6, 6.07) is 8.92. The zero-order valence-electron chi connectivity index (χ0n) is 7.05. The molecule has 0 fully saturated rings. The molecule has 0 aliphatic heterocycles. The molecule has 1 rings (SSSR count). The lowest BCUT2D eigenvalue weighted by molar-refractivity contribution is 0.316. The second-order valence-electron chi connectivity index (χ2n) is 2.58. The summed E-state index contributed by atoms with van der Waals surface area (Å²) in [5.74, 6) is 0.854. The minimum Gasteiger partial charge on any atom is -0.493 e. The summed E-state index contributed by atoms with van der Waals surface area (Å²) in [5.41, 5.74) is 1.22. The van der Waals surface area contributed by atoms with Crippen LogP contribution in [-0.2, 0) is 0 Å². The first-order chi connectivity index (χ1) is 5.33. The van der Waals surface area contributed by atoms with E-state index in [-0.39, 0.29) is 0 Å². The largest absolute Gasteiger partial charge is 0.493 e. The second-order valence-corrected chi connectivity index (χ2v) is 2.58. The number of rotatable bonds is 3. The van der Waals surface area contributed by atoms with E-state index in [9.17, 15) is 0 Å². The Morgan fingerprint density at radius 2 is 2.36 bits per heavy atom. The van der Waals surface area contributed by atoms with E-state index < -0.39 is 0 Å². The van der Waals surface area contributed by atoms with Gasteiger partial charge in [-0.05, 0) is 25.0 Å². The maximum Gasteiger partial charge on any atom is 0.127 e. The van der Waals surface area contributed by atoms with Crippen LogP contribution in [0.5, 0.6) is 5.75 Å². The summed E-state index contributed by atoms with van der Waals surface area (Å²) in [5, 5.41) is 0. The van der Waals surface area contributed by atoms with Crippen molar-refractivity contribution >= 4 is 0 Å². The average Bonchev–Trinajstić information content (AvgIpc) is 2.01. The zero-order valence-corrected chi connectivity index (χ0v) is 7.05. The molecule has 0 atom stereocenters. The highest BCUT2D eigenvalue weighted by Crippen LogP contribution is 2.11. The summed E-state index contributed by atoms with van der Waals surface area (Å²) in [7, 11) is 0. The van der Waals surface area contributed by atoms with E-state index in [4.69, 9.17) is 4.74 Å². The van der Waals surface area contributed by atoms with Crippen LogP contribution in [0.4, 0.5) is 0 Å². The molecule has 0 bridgehead atoms. The standard InChI is InChI=1S/C10H13O/c1-3-7-11-10-6-4-5-9(2)8-10/h4-5,8H,3,7H2,1-2H3. The molecule has 1 aromatic carbocycles. The minimum absolute atomic E-state index is 0.778. The molecule has 1 heteroatoms. The smallest absolute Gasteiger partial charge is 0.127 e. The highest BCUT2D eigenvalue weighted by atomic mass is 16.5. The quantitative estimate of drug-likeness (QED) is 0.641. The van der Waals surface area contributed by atoms with E-state index in [2.05, 4.69) is 13.0 Å². The summed E-state index contributed by atoms with van der Waals surface area (Å²) >= 11 is 0.